The SMILES string of the molecule is COc1cc(Cl)ccc1-c1ncc(NC2CCCN(C)C2)nn1. The molecule has 23 heavy (non-hydrogen) atoms. The van der Waals surface area contributed by atoms with Gasteiger partial charge in [0.1, 0.15) is 5.75 Å². The molecule has 3 rings (SSSR count). The number of nitrogens with zero attached hydrogens (tertiary/aromatic N) is 4. The van der Waals surface area contributed by atoms with Gasteiger partial charge in [0.25, 0.3) is 0 Å². The van der Waals surface area contributed by atoms with Crippen molar-refractivity contribution >= 4 is 17.4 Å². The van der Waals surface area contributed by atoms with E-state index in [1.54, 1.807) is 25.4 Å². The molecule has 0 bridgehead atoms. The van der Waals surface area contributed by atoms with Crippen LogP contribution in [0.3, 0.4) is 0 Å². The fourth-order valence-electron chi connectivity index (χ4n) is 2.81. The van der Waals surface area contributed by atoms with Crippen LogP contribution < -0.4 is 10.1 Å². The Labute approximate surface area is 140 Å². The Balaban J connectivity index is 1.74. The number of nitrogens with one attached hydrogen (secondary N) is 1. The van der Waals surface area contributed by atoms with Gasteiger partial charge < -0.3 is 15.0 Å². The van der Waals surface area contributed by atoms with E-state index in [0.717, 1.165) is 25.1 Å². The van der Waals surface area contributed by atoms with E-state index in [4.69, 9.17) is 16.3 Å². The van der Waals surface area contributed by atoms with E-state index >= 15 is 0 Å². The average molecular weight is 334 g/mol. The van der Waals surface area contributed by atoms with Gasteiger partial charge >= 0.3 is 0 Å². The van der Waals surface area contributed by atoms with Gasteiger partial charge in [0.15, 0.2) is 11.6 Å². The van der Waals surface area contributed by atoms with E-state index in [9.17, 15) is 0 Å². The third kappa shape index (κ3) is 3.89. The number of rotatable bonds is 4. The fraction of sp³-hybridized carbons (Fsp3) is 0.438. The molecule has 0 saturated carbocycles. The van der Waals surface area contributed by atoms with Crippen molar-refractivity contribution in [3.05, 3.63) is 29.4 Å². The number of ether oxygens (including phenoxy) is 1. The zero-order chi connectivity index (χ0) is 16.2. The minimum absolute atomic E-state index is 0.390. The number of hydrogen-bond donors (Lipinski definition) is 1. The lowest BCUT2D eigenvalue weighted by atomic mass is 10.1. The molecule has 122 valence electrons. The molecular formula is C16H20ClN5O. The van der Waals surface area contributed by atoms with Crippen LogP contribution in [-0.2, 0) is 0 Å². The number of likely N-dealkylation sites (tertiary alicyclic amines) is 1. The van der Waals surface area contributed by atoms with Crippen molar-refractivity contribution in [2.75, 3.05) is 32.6 Å². The number of likely N-dealkylation sites (N-methyl/N-ethyl adjacent to an activating group) is 1. The molecule has 0 amide bonds. The van der Waals surface area contributed by atoms with Gasteiger partial charge in [-0.15, -0.1) is 10.2 Å². The van der Waals surface area contributed by atoms with E-state index in [1.807, 2.05) is 6.07 Å². The second-order valence-electron chi connectivity index (χ2n) is 5.76. The maximum atomic E-state index is 5.98. The minimum Gasteiger partial charge on any atom is -0.496 e. The second kappa shape index (κ2) is 7.10. The largest absolute Gasteiger partial charge is 0.496 e. The van der Waals surface area contributed by atoms with E-state index in [-0.39, 0.29) is 0 Å². The summed E-state index contributed by atoms with van der Waals surface area (Å²) in [6.07, 6.45) is 4.04. The third-order valence-electron chi connectivity index (χ3n) is 3.94. The summed E-state index contributed by atoms with van der Waals surface area (Å²) in [6.45, 7) is 2.16. The van der Waals surface area contributed by atoms with Crippen LogP contribution in [0, 0.1) is 0 Å². The predicted octanol–water partition coefficient (Wildman–Crippen LogP) is 2.71. The highest BCUT2D eigenvalue weighted by Crippen LogP contribution is 2.29. The van der Waals surface area contributed by atoms with Crippen molar-refractivity contribution < 1.29 is 4.74 Å². The highest BCUT2D eigenvalue weighted by molar-refractivity contribution is 6.30. The lowest BCUT2D eigenvalue weighted by Gasteiger charge is -2.30. The smallest absolute Gasteiger partial charge is 0.185 e. The van der Waals surface area contributed by atoms with Crippen LogP contribution in [0.1, 0.15) is 12.8 Å². The molecule has 1 aromatic carbocycles. The minimum atomic E-state index is 0.390. The summed E-state index contributed by atoms with van der Waals surface area (Å²) < 4.78 is 5.33. The Bertz CT molecular complexity index is 664. The van der Waals surface area contributed by atoms with Crippen molar-refractivity contribution in [3.8, 4) is 17.1 Å². The van der Waals surface area contributed by atoms with Crippen LogP contribution in [-0.4, -0.2) is 53.4 Å². The molecule has 1 aliphatic heterocycles. The lowest BCUT2D eigenvalue weighted by Crippen LogP contribution is -2.39. The predicted molar refractivity (Wildman–Crippen MR) is 91.0 cm³/mol. The van der Waals surface area contributed by atoms with Crippen molar-refractivity contribution in [2.45, 2.75) is 18.9 Å². The Morgan fingerprint density at radius 2 is 2.22 bits per heavy atom. The molecule has 6 nitrogen and oxygen atoms in total. The monoisotopic (exact) mass is 333 g/mol. The second-order valence-corrected chi connectivity index (χ2v) is 6.19. The Morgan fingerprint density at radius 3 is 2.91 bits per heavy atom. The van der Waals surface area contributed by atoms with Gasteiger partial charge in [-0.25, -0.2) is 4.98 Å². The van der Waals surface area contributed by atoms with Gasteiger partial charge in [-0.05, 0) is 44.6 Å². The molecule has 0 radical (unpaired) electrons. The molecule has 1 atom stereocenters. The maximum absolute atomic E-state index is 5.98. The van der Waals surface area contributed by atoms with Gasteiger partial charge in [-0.2, -0.15) is 0 Å². The number of anilines is 1. The zero-order valence-electron chi connectivity index (χ0n) is 13.3. The molecular weight excluding hydrogens is 314 g/mol. The van der Waals surface area contributed by atoms with Crippen molar-refractivity contribution in [3.63, 3.8) is 0 Å². The lowest BCUT2D eigenvalue weighted by molar-refractivity contribution is 0.260. The summed E-state index contributed by atoms with van der Waals surface area (Å²) in [6, 6.07) is 5.75. The molecule has 1 N–H and O–H groups in total. The molecule has 1 aliphatic rings. The highest BCUT2D eigenvalue weighted by Gasteiger charge is 2.17. The first-order valence-electron chi connectivity index (χ1n) is 7.64. The first kappa shape index (κ1) is 16.0. The Morgan fingerprint density at radius 1 is 1.35 bits per heavy atom. The van der Waals surface area contributed by atoms with E-state index in [0.29, 0.717) is 28.5 Å². The Hall–Kier alpha value is -1.92. The van der Waals surface area contributed by atoms with Gasteiger partial charge in [-0.3, -0.25) is 0 Å². The van der Waals surface area contributed by atoms with Crippen molar-refractivity contribution in [1.82, 2.24) is 20.1 Å². The van der Waals surface area contributed by atoms with Crippen molar-refractivity contribution in [1.29, 1.82) is 0 Å². The van der Waals surface area contributed by atoms with Crippen LogP contribution in [0.2, 0.25) is 5.02 Å². The molecule has 1 unspecified atom stereocenters. The summed E-state index contributed by atoms with van der Waals surface area (Å²) in [5, 5.41) is 12.5. The normalized spacial score (nSPS) is 18.7. The van der Waals surface area contributed by atoms with Gasteiger partial charge in [-0.1, -0.05) is 11.6 Å². The average Bonchev–Trinajstić information content (AvgIpc) is 2.56. The number of benzene rings is 1. The summed E-state index contributed by atoms with van der Waals surface area (Å²) >= 11 is 5.98. The van der Waals surface area contributed by atoms with Crippen LogP contribution in [0.5, 0.6) is 5.75 Å². The van der Waals surface area contributed by atoms with Crippen LogP contribution >= 0.6 is 11.6 Å². The van der Waals surface area contributed by atoms with Gasteiger partial charge in [0.05, 0.1) is 18.9 Å². The topological polar surface area (TPSA) is 63.2 Å². The molecule has 7 heteroatoms. The first-order chi connectivity index (χ1) is 11.2. The summed E-state index contributed by atoms with van der Waals surface area (Å²) in [7, 11) is 3.73. The molecule has 1 saturated heterocycles. The highest BCUT2D eigenvalue weighted by atomic mass is 35.5. The number of hydrogen-bond acceptors (Lipinski definition) is 6. The van der Waals surface area contributed by atoms with E-state index in [1.165, 1.54) is 6.42 Å². The summed E-state index contributed by atoms with van der Waals surface area (Å²) in [4.78, 5) is 6.71. The quantitative estimate of drug-likeness (QED) is 0.928. The Kier molecular flexibility index (Phi) is 4.93. The number of aromatic nitrogens is 3. The van der Waals surface area contributed by atoms with Crippen LogP contribution in [0.25, 0.3) is 11.4 Å². The first-order valence-corrected chi connectivity index (χ1v) is 8.02. The van der Waals surface area contributed by atoms with Gasteiger partial charge in [0.2, 0.25) is 0 Å². The number of piperidine rings is 1. The fourth-order valence-corrected chi connectivity index (χ4v) is 2.97. The van der Waals surface area contributed by atoms with Crippen LogP contribution in [0.15, 0.2) is 24.4 Å². The molecule has 0 aliphatic carbocycles. The van der Waals surface area contributed by atoms with E-state index in [2.05, 4.69) is 32.4 Å². The number of halogens is 1. The van der Waals surface area contributed by atoms with Crippen LogP contribution in [0.4, 0.5) is 5.82 Å². The maximum Gasteiger partial charge on any atom is 0.185 e. The molecule has 1 fully saturated rings. The standard InChI is InChI=1S/C16H20ClN5O/c1-22-7-3-4-12(10-22)19-15-9-18-16(21-20-15)13-6-5-11(17)8-14(13)23-2/h5-6,8-9,12H,3-4,7,10H2,1-2H3,(H,19,20). The summed E-state index contributed by atoms with van der Waals surface area (Å²) in [5.74, 6) is 1.85. The molecule has 2 heterocycles. The van der Waals surface area contributed by atoms with Gasteiger partial charge in [0, 0.05) is 17.6 Å². The number of methoxy groups -OCH3 is 1. The zero-order valence-corrected chi connectivity index (χ0v) is 14.0. The third-order valence-corrected chi connectivity index (χ3v) is 4.18. The molecule has 1 aromatic heterocycles. The molecule has 2 aromatic rings. The summed E-state index contributed by atoms with van der Waals surface area (Å²) in [5.41, 5.74) is 0.772. The van der Waals surface area contributed by atoms with Crippen molar-refractivity contribution in [2.24, 2.45) is 0 Å². The van der Waals surface area contributed by atoms with E-state index < -0.39 is 0 Å². The molecule has 0 spiro atoms.